The summed E-state index contributed by atoms with van der Waals surface area (Å²) in [5.41, 5.74) is 6.80. The maximum Gasteiger partial charge on any atom is 0.274 e. The van der Waals surface area contributed by atoms with Crippen LogP contribution in [0.5, 0.6) is 11.5 Å². The molecule has 1 saturated carbocycles. The summed E-state index contributed by atoms with van der Waals surface area (Å²) in [6.07, 6.45) is 3.43. The Hall–Kier alpha value is -2.91. The Morgan fingerprint density at radius 3 is 2.97 bits per heavy atom. The van der Waals surface area contributed by atoms with E-state index in [0.717, 1.165) is 55.4 Å². The highest BCUT2D eigenvalue weighted by molar-refractivity contribution is 7.07. The van der Waals surface area contributed by atoms with Crippen LogP contribution in [0, 0.1) is 5.92 Å². The van der Waals surface area contributed by atoms with Gasteiger partial charge in [-0.2, -0.15) is 5.10 Å². The van der Waals surface area contributed by atoms with Gasteiger partial charge in [0.05, 0.1) is 17.7 Å². The molecule has 3 aliphatic rings. The zero-order valence-electron chi connectivity index (χ0n) is 18.7. The van der Waals surface area contributed by atoms with Crippen LogP contribution in [-0.4, -0.2) is 50.9 Å². The molecule has 6 rings (SSSR count). The van der Waals surface area contributed by atoms with Crippen LogP contribution in [0.15, 0.2) is 29.1 Å². The molecule has 0 unspecified atom stereocenters. The Balaban J connectivity index is 1.24. The van der Waals surface area contributed by atoms with E-state index < -0.39 is 0 Å². The standard InChI is InChI=1S/C24H27N5O3S/c1-27(11-18-13-33-14-25-18)24(30)23-19-12-28(7-6-20(19)29(26-23)10-16-2-3-16)9-17-4-5-21-22(8-17)32-15-31-21/h4-5,8,13-14,16H,2-3,6-7,9-12,15H2,1H3. The molecule has 2 aromatic heterocycles. The smallest absolute Gasteiger partial charge is 0.274 e. The Bertz CT molecular complexity index is 1170. The van der Waals surface area contributed by atoms with Crippen LogP contribution >= 0.6 is 11.3 Å². The lowest BCUT2D eigenvalue weighted by atomic mass is 10.0. The van der Waals surface area contributed by atoms with Crippen molar-refractivity contribution >= 4 is 17.2 Å². The number of carbonyl (C=O) groups is 1. The van der Waals surface area contributed by atoms with Crippen molar-refractivity contribution in [3.63, 3.8) is 0 Å². The van der Waals surface area contributed by atoms with Gasteiger partial charge in [-0.1, -0.05) is 6.07 Å². The van der Waals surface area contributed by atoms with Gasteiger partial charge in [0.1, 0.15) is 0 Å². The molecule has 8 nitrogen and oxygen atoms in total. The van der Waals surface area contributed by atoms with Gasteiger partial charge in [0.15, 0.2) is 17.2 Å². The normalized spacial score (nSPS) is 17.2. The summed E-state index contributed by atoms with van der Waals surface area (Å²) >= 11 is 1.55. The first-order valence-corrected chi connectivity index (χ1v) is 12.4. The fourth-order valence-corrected chi connectivity index (χ4v) is 5.21. The van der Waals surface area contributed by atoms with Gasteiger partial charge >= 0.3 is 0 Å². The number of fused-ring (bicyclic) bond motifs is 2. The van der Waals surface area contributed by atoms with Gasteiger partial charge in [0, 0.05) is 56.3 Å². The summed E-state index contributed by atoms with van der Waals surface area (Å²) in [7, 11) is 1.83. The van der Waals surface area contributed by atoms with Crippen LogP contribution in [0.1, 0.15) is 45.8 Å². The molecule has 1 aromatic carbocycles. The van der Waals surface area contributed by atoms with Crippen molar-refractivity contribution in [2.45, 2.75) is 45.4 Å². The van der Waals surface area contributed by atoms with E-state index in [4.69, 9.17) is 14.6 Å². The fraction of sp³-hybridized carbons (Fsp3) is 0.458. The molecule has 3 aromatic rings. The van der Waals surface area contributed by atoms with Gasteiger partial charge in [0.25, 0.3) is 5.91 Å². The molecule has 0 saturated heterocycles. The minimum Gasteiger partial charge on any atom is -0.454 e. The lowest BCUT2D eigenvalue weighted by Gasteiger charge is -2.28. The van der Waals surface area contributed by atoms with E-state index in [-0.39, 0.29) is 12.7 Å². The molecular formula is C24H27N5O3S. The first-order chi connectivity index (χ1) is 16.1. The molecule has 4 heterocycles. The average molecular weight is 466 g/mol. The van der Waals surface area contributed by atoms with E-state index in [1.165, 1.54) is 24.1 Å². The van der Waals surface area contributed by atoms with Crippen molar-refractivity contribution in [1.29, 1.82) is 0 Å². The molecule has 0 atom stereocenters. The molecule has 0 spiro atoms. The van der Waals surface area contributed by atoms with Crippen molar-refractivity contribution in [1.82, 2.24) is 24.6 Å². The first-order valence-electron chi connectivity index (χ1n) is 11.5. The van der Waals surface area contributed by atoms with E-state index in [1.54, 1.807) is 21.7 Å². The number of hydrogen-bond donors (Lipinski definition) is 0. The molecule has 9 heteroatoms. The Labute approximate surface area is 196 Å². The Kier molecular flexibility index (Phi) is 5.30. The first kappa shape index (κ1) is 20.7. The van der Waals surface area contributed by atoms with Crippen LogP contribution in [-0.2, 0) is 32.6 Å². The van der Waals surface area contributed by atoms with Gasteiger partial charge in [-0.05, 0) is 36.5 Å². The highest BCUT2D eigenvalue weighted by Gasteiger charge is 2.32. The van der Waals surface area contributed by atoms with Crippen LogP contribution in [0.25, 0.3) is 0 Å². The molecule has 1 aliphatic carbocycles. The number of hydrogen-bond acceptors (Lipinski definition) is 7. The minimum absolute atomic E-state index is 0.0290. The van der Waals surface area contributed by atoms with Crippen molar-refractivity contribution in [3.05, 3.63) is 57.3 Å². The molecular weight excluding hydrogens is 438 g/mol. The summed E-state index contributed by atoms with van der Waals surface area (Å²) in [5, 5.41) is 6.84. The van der Waals surface area contributed by atoms with Gasteiger partial charge in [-0.15, -0.1) is 11.3 Å². The number of carbonyl (C=O) groups excluding carboxylic acids is 1. The third kappa shape index (κ3) is 4.22. The second-order valence-electron chi connectivity index (χ2n) is 9.19. The number of benzene rings is 1. The number of rotatable bonds is 7. The molecule has 1 fully saturated rings. The van der Waals surface area contributed by atoms with Crippen molar-refractivity contribution < 1.29 is 14.3 Å². The fourth-order valence-electron chi connectivity index (χ4n) is 4.66. The third-order valence-corrected chi connectivity index (χ3v) is 7.25. The second-order valence-corrected chi connectivity index (χ2v) is 9.91. The number of thiazole rings is 1. The van der Waals surface area contributed by atoms with E-state index in [1.807, 2.05) is 18.5 Å². The summed E-state index contributed by atoms with van der Waals surface area (Å²) in [6.45, 7) is 4.17. The molecule has 172 valence electrons. The quantitative estimate of drug-likeness (QED) is 0.533. The summed E-state index contributed by atoms with van der Waals surface area (Å²) in [4.78, 5) is 21.9. The van der Waals surface area contributed by atoms with Gasteiger partial charge in [-0.3, -0.25) is 14.4 Å². The predicted octanol–water partition coefficient (Wildman–Crippen LogP) is 3.31. The average Bonchev–Trinajstić information content (AvgIpc) is 3.17. The summed E-state index contributed by atoms with van der Waals surface area (Å²) in [6, 6.07) is 6.12. The predicted molar refractivity (Wildman–Crippen MR) is 123 cm³/mol. The highest BCUT2D eigenvalue weighted by Crippen LogP contribution is 2.35. The molecule has 0 bridgehead atoms. The highest BCUT2D eigenvalue weighted by atomic mass is 32.1. The number of amides is 1. The molecule has 0 radical (unpaired) electrons. The lowest BCUT2D eigenvalue weighted by Crippen LogP contribution is -2.33. The number of aromatic nitrogens is 3. The maximum absolute atomic E-state index is 13.4. The SMILES string of the molecule is CN(Cc1cscn1)C(=O)c1nn(CC2CC2)c2c1CN(Cc1ccc3c(c1)OCO3)CC2. The van der Waals surface area contributed by atoms with Crippen LogP contribution in [0.3, 0.4) is 0 Å². The van der Waals surface area contributed by atoms with Gasteiger partial charge in [0.2, 0.25) is 6.79 Å². The Morgan fingerprint density at radius 1 is 1.27 bits per heavy atom. The van der Waals surface area contributed by atoms with E-state index in [2.05, 4.69) is 26.7 Å². The van der Waals surface area contributed by atoms with Crippen LogP contribution < -0.4 is 9.47 Å². The molecule has 1 amide bonds. The molecule has 33 heavy (non-hydrogen) atoms. The molecule has 2 aliphatic heterocycles. The zero-order valence-corrected chi connectivity index (χ0v) is 19.5. The van der Waals surface area contributed by atoms with E-state index in [0.29, 0.717) is 18.2 Å². The zero-order chi connectivity index (χ0) is 22.4. The number of ether oxygens (including phenoxy) is 2. The maximum atomic E-state index is 13.4. The van der Waals surface area contributed by atoms with Gasteiger partial charge in [-0.25, -0.2) is 4.98 Å². The van der Waals surface area contributed by atoms with Crippen molar-refractivity contribution in [2.75, 3.05) is 20.4 Å². The Morgan fingerprint density at radius 2 is 2.15 bits per heavy atom. The van der Waals surface area contributed by atoms with Crippen LogP contribution in [0.2, 0.25) is 0 Å². The van der Waals surface area contributed by atoms with Crippen molar-refractivity contribution in [2.24, 2.45) is 5.92 Å². The van der Waals surface area contributed by atoms with Crippen molar-refractivity contribution in [3.8, 4) is 11.5 Å². The van der Waals surface area contributed by atoms with E-state index >= 15 is 0 Å². The third-order valence-electron chi connectivity index (χ3n) is 6.62. The summed E-state index contributed by atoms with van der Waals surface area (Å²) < 4.78 is 13.1. The second kappa shape index (κ2) is 8.46. The topological polar surface area (TPSA) is 72.7 Å². The lowest BCUT2D eigenvalue weighted by molar-refractivity contribution is 0.0774. The van der Waals surface area contributed by atoms with Gasteiger partial charge < -0.3 is 14.4 Å². The van der Waals surface area contributed by atoms with E-state index in [9.17, 15) is 4.79 Å². The largest absolute Gasteiger partial charge is 0.454 e. The monoisotopic (exact) mass is 465 g/mol. The van der Waals surface area contributed by atoms with Crippen LogP contribution in [0.4, 0.5) is 0 Å². The molecule has 0 N–H and O–H groups in total. The summed E-state index contributed by atoms with van der Waals surface area (Å²) in [5.74, 6) is 2.29. The minimum atomic E-state index is -0.0290. The number of nitrogens with zero attached hydrogens (tertiary/aromatic N) is 5.